The molecule has 0 aliphatic rings. The number of benzene rings is 1. The van der Waals surface area contributed by atoms with Crippen molar-refractivity contribution < 1.29 is 4.74 Å². The van der Waals surface area contributed by atoms with Crippen LogP contribution in [0.5, 0.6) is 5.75 Å². The zero-order chi connectivity index (χ0) is 14.1. The third-order valence-corrected chi connectivity index (χ3v) is 2.94. The van der Waals surface area contributed by atoms with Gasteiger partial charge in [-0.15, -0.1) is 0 Å². The second-order valence-electron chi connectivity index (χ2n) is 5.38. The van der Waals surface area contributed by atoms with Crippen LogP contribution in [0.3, 0.4) is 0 Å². The SMILES string of the molecule is CCOc1ccccc1CN(C)CCNCC(C)C. The molecule has 108 valence electrons. The predicted molar refractivity (Wildman–Crippen MR) is 81.7 cm³/mol. The van der Waals surface area contributed by atoms with Gasteiger partial charge in [-0.1, -0.05) is 32.0 Å². The smallest absolute Gasteiger partial charge is 0.123 e. The van der Waals surface area contributed by atoms with Crippen LogP contribution in [0, 0.1) is 5.92 Å². The maximum absolute atomic E-state index is 5.65. The van der Waals surface area contributed by atoms with Gasteiger partial charge in [0.05, 0.1) is 6.61 Å². The van der Waals surface area contributed by atoms with Crippen molar-refractivity contribution in [3.05, 3.63) is 29.8 Å². The Labute approximate surface area is 118 Å². The van der Waals surface area contributed by atoms with Crippen molar-refractivity contribution in [3.63, 3.8) is 0 Å². The van der Waals surface area contributed by atoms with E-state index in [0.29, 0.717) is 5.92 Å². The van der Waals surface area contributed by atoms with Crippen LogP contribution in [-0.2, 0) is 6.54 Å². The molecule has 19 heavy (non-hydrogen) atoms. The van der Waals surface area contributed by atoms with Crippen LogP contribution < -0.4 is 10.1 Å². The molecular formula is C16H28N2O. The van der Waals surface area contributed by atoms with Crippen LogP contribution in [0.2, 0.25) is 0 Å². The maximum Gasteiger partial charge on any atom is 0.123 e. The molecule has 0 bridgehead atoms. The number of ether oxygens (including phenoxy) is 1. The molecule has 3 heteroatoms. The molecule has 0 aliphatic heterocycles. The van der Waals surface area contributed by atoms with Crippen molar-refractivity contribution in [2.24, 2.45) is 5.92 Å². The quantitative estimate of drug-likeness (QED) is 0.694. The molecule has 1 aromatic carbocycles. The van der Waals surface area contributed by atoms with Crippen molar-refractivity contribution >= 4 is 0 Å². The first kappa shape index (κ1) is 16.0. The van der Waals surface area contributed by atoms with Crippen LogP contribution in [0.4, 0.5) is 0 Å². The zero-order valence-corrected chi connectivity index (χ0v) is 12.8. The van der Waals surface area contributed by atoms with Gasteiger partial charge in [-0.25, -0.2) is 0 Å². The molecular weight excluding hydrogens is 236 g/mol. The zero-order valence-electron chi connectivity index (χ0n) is 12.8. The summed E-state index contributed by atoms with van der Waals surface area (Å²) in [5.74, 6) is 1.72. The van der Waals surface area contributed by atoms with Gasteiger partial charge in [-0.3, -0.25) is 0 Å². The monoisotopic (exact) mass is 264 g/mol. The fourth-order valence-electron chi connectivity index (χ4n) is 1.96. The fourth-order valence-corrected chi connectivity index (χ4v) is 1.96. The predicted octanol–water partition coefficient (Wildman–Crippen LogP) is 2.76. The summed E-state index contributed by atoms with van der Waals surface area (Å²) in [4.78, 5) is 2.32. The van der Waals surface area contributed by atoms with Crippen molar-refractivity contribution in [2.75, 3.05) is 33.3 Å². The van der Waals surface area contributed by atoms with Crippen molar-refractivity contribution in [1.82, 2.24) is 10.2 Å². The first-order valence-corrected chi connectivity index (χ1v) is 7.23. The van der Waals surface area contributed by atoms with E-state index in [2.05, 4.69) is 43.2 Å². The van der Waals surface area contributed by atoms with E-state index in [1.165, 1.54) is 5.56 Å². The van der Waals surface area contributed by atoms with Crippen molar-refractivity contribution in [3.8, 4) is 5.75 Å². The molecule has 0 atom stereocenters. The number of nitrogens with zero attached hydrogens (tertiary/aromatic N) is 1. The molecule has 0 fully saturated rings. The number of rotatable bonds is 9. The second-order valence-corrected chi connectivity index (χ2v) is 5.38. The average molecular weight is 264 g/mol. The summed E-state index contributed by atoms with van der Waals surface area (Å²) < 4.78 is 5.65. The largest absolute Gasteiger partial charge is 0.494 e. The van der Waals surface area contributed by atoms with Gasteiger partial charge in [0.2, 0.25) is 0 Å². The van der Waals surface area contributed by atoms with Gasteiger partial charge in [0, 0.05) is 25.2 Å². The van der Waals surface area contributed by atoms with E-state index in [1.54, 1.807) is 0 Å². The topological polar surface area (TPSA) is 24.5 Å². The first-order valence-electron chi connectivity index (χ1n) is 7.23. The lowest BCUT2D eigenvalue weighted by molar-refractivity contribution is 0.301. The highest BCUT2D eigenvalue weighted by Crippen LogP contribution is 2.19. The summed E-state index contributed by atoms with van der Waals surface area (Å²) in [5.41, 5.74) is 1.26. The van der Waals surface area contributed by atoms with Crippen LogP contribution in [0.25, 0.3) is 0 Å². The van der Waals surface area contributed by atoms with Crippen molar-refractivity contribution in [2.45, 2.75) is 27.3 Å². The molecule has 1 rings (SSSR count). The molecule has 1 aromatic rings. The summed E-state index contributed by atoms with van der Waals surface area (Å²) in [6, 6.07) is 8.29. The lowest BCUT2D eigenvalue weighted by atomic mass is 10.2. The van der Waals surface area contributed by atoms with E-state index in [1.807, 2.05) is 19.1 Å². The Hall–Kier alpha value is -1.06. The Morgan fingerprint density at radius 2 is 2.00 bits per heavy atom. The number of hydrogen-bond donors (Lipinski definition) is 1. The van der Waals surface area contributed by atoms with Gasteiger partial charge in [-0.2, -0.15) is 0 Å². The molecule has 0 aliphatic carbocycles. The number of para-hydroxylation sites is 1. The van der Waals surface area contributed by atoms with Gasteiger partial charge in [0.15, 0.2) is 0 Å². The van der Waals surface area contributed by atoms with Gasteiger partial charge < -0.3 is 15.0 Å². The average Bonchev–Trinajstić information content (AvgIpc) is 2.37. The molecule has 1 N–H and O–H groups in total. The molecule has 3 nitrogen and oxygen atoms in total. The highest BCUT2D eigenvalue weighted by atomic mass is 16.5. The molecule has 0 amide bonds. The molecule has 0 radical (unpaired) electrons. The Morgan fingerprint density at radius 1 is 1.26 bits per heavy atom. The summed E-state index contributed by atoms with van der Waals surface area (Å²) in [6.07, 6.45) is 0. The second kappa shape index (κ2) is 8.94. The minimum atomic E-state index is 0.712. The maximum atomic E-state index is 5.65. The van der Waals surface area contributed by atoms with E-state index in [9.17, 15) is 0 Å². The molecule has 0 aromatic heterocycles. The molecule has 0 heterocycles. The normalized spacial score (nSPS) is 11.3. The summed E-state index contributed by atoms with van der Waals surface area (Å²) in [5, 5.41) is 3.47. The van der Waals surface area contributed by atoms with Gasteiger partial charge in [0.1, 0.15) is 5.75 Å². The Morgan fingerprint density at radius 3 is 2.68 bits per heavy atom. The summed E-state index contributed by atoms with van der Waals surface area (Å²) in [7, 11) is 2.15. The minimum Gasteiger partial charge on any atom is -0.494 e. The lowest BCUT2D eigenvalue weighted by Gasteiger charge is -2.19. The minimum absolute atomic E-state index is 0.712. The number of likely N-dealkylation sites (N-methyl/N-ethyl adjacent to an activating group) is 1. The standard InChI is InChI=1S/C16H28N2O/c1-5-19-16-9-7-6-8-15(16)13-18(4)11-10-17-12-14(2)3/h6-9,14,17H,5,10-13H2,1-4H3. The third-order valence-electron chi connectivity index (χ3n) is 2.94. The van der Waals surface area contributed by atoms with Crippen LogP contribution in [0.15, 0.2) is 24.3 Å². The summed E-state index contributed by atoms with van der Waals surface area (Å²) in [6.45, 7) is 11.3. The Balaban J connectivity index is 2.37. The first-order chi connectivity index (χ1) is 9.13. The fraction of sp³-hybridized carbons (Fsp3) is 0.625. The highest BCUT2D eigenvalue weighted by Gasteiger charge is 2.05. The highest BCUT2D eigenvalue weighted by molar-refractivity contribution is 5.33. The van der Waals surface area contributed by atoms with Crippen molar-refractivity contribution in [1.29, 1.82) is 0 Å². The van der Waals surface area contributed by atoms with E-state index in [-0.39, 0.29) is 0 Å². The van der Waals surface area contributed by atoms with E-state index in [4.69, 9.17) is 4.74 Å². The van der Waals surface area contributed by atoms with E-state index >= 15 is 0 Å². The third kappa shape index (κ3) is 6.60. The van der Waals surface area contributed by atoms with Gasteiger partial charge >= 0.3 is 0 Å². The molecule has 0 spiro atoms. The van der Waals surface area contributed by atoms with Crippen LogP contribution in [0.1, 0.15) is 26.3 Å². The lowest BCUT2D eigenvalue weighted by Crippen LogP contribution is -2.30. The molecule has 0 unspecified atom stereocenters. The van der Waals surface area contributed by atoms with Crippen LogP contribution in [-0.4, -0.2) is 38.2 Å². The van der Waals surface area contributed by atoms with Crippen LogP contribution >= 0.6 is 0 Å². The molecule has 0 saturated carbocycles. The van der Waals surface area contributed by atoms with E-state index < -0.39 is 0 Å². The number of hydrogen-bond acceptors (Lipinski definition) is 3. The Bertz CT molecular complexity index is 352. The van der Waals surface area contributed by atoms with Gasteiger partial charge in [0.25, 0.3) is 0 Å². The molecule has 0 saturated heterocycles. The van der Waals surface area contributed by atoms with Gasteiger partial charge in [-0.05, 0) is 32.5 Å². The Kier molecular flexibility index (Phi) is 7.53. The van der Waals surface area contributed by atoms with E-state index in [0.717, 1.165) is 38.5 Å². The number of nitrogens with one attached hydrogen (secondary N) is 1. The summed E-state index contributed by atoms with van der Waals surface area (Å²) >= 11 is 0.